The van der Waals surface area contributed by atoms with Crippen LogP contribution in [-0.2, 0) is 9.31 Å². The highest BCUT2D eigenvalue weighted by molar-refractivity contribution is 6.61. The van der Waals surface area contributed by atoms with Crippen LogP contribution in [0.4, 0.5) is 10.7 Å². The highest BCUT2D eigenvalue weighted by atomic mass is 16.7. The Morgan fingerprint density at radius 2 is 1.71 bits per heavy atom. The minimum absolute atomic E-state index is 0.237. The van der Waals surface area contributed by atoms with E-state index in [0.717, 1.165) is 5.46 Å². The quantitative estimate of drug-likeness (QED) is 0.809. The third-order valence-electron chi connectivity index (χ3n) is 3.76. The van der Waals surface area contributed by atoms with Crippen molar-refractivity contribution in [3.8, 4) is 0 Å². The first kappa shape index (κ1) is 15.7. The number of hydrogen-bond acceptors (Lipinski definition) is 5. The fourth-order valence-electron chi connectivity index (χ4n) is 1.81. The predicted molar refractivity (Wildman–Crippen MR) is 80.4 cm³/mol. The van der Waals surface area contributed by atoms with Crippen LogP contribution in [-0.4, -0.2) is 40.9 Å². The molecule has 1 fully saturated rings. The van der Waals surface area contributed by atoms with E-state index in [4.69, 9.17) is 9.31 Å². The fraction of sp³-hybridized carbons (Fsp3) is 0.615. The van der Waals surface area contributed by atoms with Crippen LogP contribution < -0.4 is 16.1 Å². The van der Waals surface area contributed by atoms with Crippen LogP contribution in [0.25, 0.3) is 0 Å². The first-order valence-corrected chi connectivity index (χ1v) is 6.97. The molecule has 0 radical (unpaired) electrons. The summed E-state index contributed by atoms with van der Waals surface area (Å²) in [5.74, 6) is 0.237. The molecule has 8 heteroatoms. The highest BCUT2D eigenvalue weighted by Crippen LogP contribution is 2.36. The lowest BCUT2D eigenvalue weighted by Crippen LogP contribution is -2.41. The SMILES string of the molecule is CCNC(=O)Nc1ncc(B2OC(C)(C)C(C)(C)O2)cn1. The number of nitrogens with one attached hydrogen (secondary N) is 2. The molecule has 2 rings (SSSR count). The molecule has 2 N–H and O–H groups in total. The second-order valence-electron chi connectivity index (χ2n) is 5.91. The molecule has 1 aromatic heterocycles. The van der Waals surface area contributed by atoms with Crippen molar-refractivity contribution >= 4 is 24.6 Å². The van der Waals surface area contributed by atoms with Gasteiger partial charge in [-0.1, -0.05) is 0 Å². The van der Waals surface area contributed by atoms with Crippen molar-refractivity contribution < 1.29 is 14.1 Å². The summed E-state index contributed by atoms with van der Waals surface area (Å²) in [6, 6.07) is -0.333. The van der Waals surface area contributed by atoms with Crippen molar-refractivity contribution in [2.45, 2.75) is 45.8 Å². The van der Waals surface area contributed by atoms with Crippen LogP contribution in [0.1, 0.15) is 34.6 Å². The number of carbonyl (C=O) groups excluding carboxylic acids is 1. The van der Waals surface area contributed by atoms with Gasteiger partial charge in [0.15, 0.2) is 0 Å². The van der Waals surface area contributed by atoms with E-state index in [0.29, 0.717) is 6.54 Å². The zero-order chi connectivity index (χ0) is 15.7. The second kappa shape index (κ2) is 5.61. The van der Waals surface area contributed by atoms with E-state index in [2.05, 4.69) is 20.6 Å². The van der Waals surface area contributed by atoms with Gasteiger partial charge in [0.05, 0.1) is 11.2 Å². The minimum Gasteiger partial charge on any atom is -0.399 e. The van der Waals surface area contributed by atoms with Crippen LogP contribution in [0.5, 0.6) is 0 Å². The van der Waals surface area contributed by atoms with Gasteiger partial charge in [0, 0.05) is 24.4 Å². The molecule has 0 spiro atoms. The van der Waals surface area contributed by atoms with Crippen LogP contribution in [0.3, 0.4) is 0 Å². The summed E-state index contributed by atoms with van der Waals surface area (Å²) in [6.45, 7) is 10.3. The standard InChI is InChI=1S/C13H21BN4O3/c1-6-15-11(19)18-10-16-7-9(8-17-10)14-20-12(2,3)13(4,5)21-14/h7-8H,6H2,1-5H3,(H2,15,16,17,18,19). The lowest BCUT2D eigenvalue weighted by molar-refractivity contribution is 0.00578. The molecule has 1 aromatic rings. The molecule has 114 valence electrons. The van der Waals surface area contributed by atoms with Crippen molar-refractivity contribution in [2.24, 2.45) is 0 Å². The number of amides is 2. The van der Waals surface area contributed by atoms with Gasteiger partial charge in [0.2, 0.25) is 5.95 Å². The molecule has 0 aromatic carbocycles. The molecule has 0 bridgehead atoms. The van der Waals surface area contributed by atoms with Crippen LogP contribution >= 0.6 is 0 Å². The lowest BCUT2D eigenvalue weighted by atomic mass is 9.81. The van der Waals surface area contributed by atoms with Crippen LogP contribution in [0.15, 0.2) is 12.4 Å². The predicted octanol–water partition coefficient (Wildman–Crippen LogP) is 0.917. The third kappa shape index (κ3) is 3.33. The Morgan fingerprint density at radius 1 is 1.19 bits per heavy atom. The Morgan fingerprint density at radius 3 is 2.19 bits per heavy atom. The molecule has 0 saturated carbocycles. The van der Waals surface area contributed by atoms with Gasteiger partial charge in [0.25, 0.3) is 0 Å². The molecule has 7 nitrogen and oxygen atoms in total. The average molecular weight is 292 g/mol. The zero-order valence-corrected chi connectivity index (χ0v) is 13.1. The first-order valence-electron chi connectivity index (χ1n) is 6.97. The maximum absolute atomic E-state index is 11.4. The molecule has 1 aliphatic rings. The second-order valence-corrected chi connectivity index (χ2v) is 5.91. The fourth-order valence-corrected chi connectivity index (χ4v) is 1.81. The van der Waals surface area contributed by atoms with Gasteiger partial charge in [0.1, 0.15) is 0 Å². The minimum atomic E-state index is -0.506. The van der Waals surface area contributed by atoms with Crippen molar-refractivity contribution in [3.63, 3.8) is 0 Å². The number of hydrogen-bond donors (Lipinski definition) is 2. The van der Waals surface area contributed by atoms with Gasteiger partial charge in [-0.15, -0.1) is 0 Å². The van der Waals surface area contributed by atoms with E-state index in [1.165, 1.54) is 0 Å². The number of carbonyl (C=O) groups is 1. The Bertz CT molecular complexity index is 503. The Balaban J connectivity index is 2.05. The molecule has 1 saturated heterocycles. The summed E-state index contributed by atoms with van der Waals surface area (Å²) < 4.78 is 11.8. The number of anilines is 1. The lowest BCUT2D eigenvalue weighted by Gasteiger charge is -2.32. The third-order valence-corrected chi connectivity index (χ3v) is 3.76. The van der Waals surface area contributed by atoms with Crippen LogP contribution in [0, 0.1) is 0 Å². The van der Waals surface area contributed by atoms with Crippen molar-refractivity contribution in [1.29, 1.82) is 0 Å². The molecular formula is C13H21BN4O3. The molecule has 1 aliphatic heterocycles. The number of aromatic nitrogens is 2. The van der Waals surface area contributed by atoms with Gasteiger partial charge < -0.3 is 14.6 Å². The molecule has 2 heterocycles. The molecule has 21 heavy (non-hydrogen) atoms. The van der Waals surface area contributed by atoms with E-state index < -0.39 is 18.3 Å². The van der Waals surface area contributed by atoms with Gasteiger partial charge in [-0.3, -0.25) is 5.32 Å². The first-order chi connectivity index (χ1) is 9.75. The van der Waals surface area contributed by atoms with E-state index in [-0.39, 0.29) is 12.0 Å². The van der Waals surface area contributed by atoms with E-state index in [1.54, 1.807) is 12.4 Å². The van der Waals surface area contributed by atoms with Gasteiger partial charge in [-0.05, 0) is 34.6 Å². The molecule has 0 unspecified atom stereocenters. The maximum atomic E-state index is 11.4. The van der Waals surface area contributed by atoms with Gasteiger partial charge >= 0.3 is 13.1 Å². The Hall–Kier alpha value is -1.67. The van der Waals surface area contributed by atoms with Crippen molar-refractivity contribution in [1.82, 2.24) is 15.3 Å². The smallest absolute Gasteiger partial charge is 0.399 e. The molecule has 0 atom stereocenters. The Kier molecular flexibility index (Phi) is 4.20. The van der Waals surface area contributed by atoms with E-state index >= 15 is 0 Å². The summed E-state index contributed by atoms with van der Waals surface area (Å²) in [6.07, 6.45) is 3.19. The highest BCUT2D eigenvalue weighted by Gasteiger charge is 2.51. The number of nitrogens with zero attached hydrogens (tertiary/aromatic N) is 2. The topological polar surface area (TPSA) is 85.4 Å². The summed E-state index contributed by atoms with van der Waals surface area (Å²) in [5, 5.41) is 5.15. The normalized spacial score (nSPS) is 19.4. The monoisotopic (exact) mass is 292 g/mol. The summed E-state index contributed by atoms with van der Waals surface area (Å²) in [5.41, 5.74) is -0.0966. The summed E-state index contributed by atoms with van der Waals surface area (Å²) in [4.78, 5) is 19.6. The number of rotatable bonds is 3. The van der Waals surface area contributed by atoms with Crippen molar-refractivity contribution in [2.75, 3.05) is 11.9 Å². The number of urea groups is 1. The Labute approximate surface area is 125 Å². The zero-order valence-electron chi connectivity index (χ0n) is 13.1. The van der Waals surface area contributed by atoms with Gasteiger partial charge in [-0.25, -0.2) is 14.8 Å². The van der Waals surface area contributed by atoms with E-state index in [1.807, 2.05) is 34.6 Å². The molecular weight excluding hydrogens is 271 g/mol. The van der Waals surface area contributed by atoms with E-state index in [9.17, 15) is 4.79 Å². The summed E-state index contributed by atoms with van der Waals surface area (Å²) in [7, 11) is -0.506. The largest absolute Gasteiger partial charge is 0.498 e. The molecule has 2 amide bonds. The summed E-state index contributed by atoms with van der Waals surface area (Å²) >= 11 is 0. The van der Waals surface area contributed by atoms with Gasteiger partial charge in [-0.2, -0.15) is 0 Å². The maximum Gasteiger partial charge on any atom is 0.498 e. The average Bonchev–Trinajstić information content (AvgIpc) is 2.59. The van der Waals surface area contributed by atoms with Crippen LogP contribution in [0.2, 0.25) is 0 Å². The van der Waals surface area contributed by atoms with Crippen molar-refractivity contribution in [3.05, 3.63) is 12.4 Å². The molecule has 0 aliphatic carbocycles.